The normalized spacial score (nSPS) is 16.0. The van der Waals surface area contributed by atoms with Crippen LogP contribution in [0.3, 0.4) is 0 Å². The molecule has 6 heteroatoms. The van der Waals surface area contributed by atoms with E-state index in [1.807, 2.05) is 26.0 Å². The van der Waals surface area contributed by atoms with Gasteiger partial charge in [0, 0.05) is 28.2 Å². The lowest BCUT2D eigenvalue weighted by Gasteiger charge is -2.22. The zero-order valence-electron chi connectivity index (χ0n) is 15.3. The van der Waals surface area contributed by atoms with Gasteiger partial charge in [0.05, 0.1) is 15.7 Å². The van der Waals surface area contributed by atoms with Crippen LogP contribution in [-0.4, -0.2) is 26.1 Å². The number of hydrogen-bond donors (Lipinski definition) is 0. The summed E-state index contributed by atoms with van der Waals surface area (Å²) in [7, 11) is -3.57. The number of amides is 1. The molecule has 0 saturated heterocycles. The maximum absolute atomic E-state index is 13.3. The van der Waals surface area contributed by atoms with Gasteiger partial charge in [0.1, 0.15) is 0 Å². The summed E-state index contributed by atoms with van der Waals surface area (Å²) in [6, 6.07) is 11.9. The van der Waals surface area contributed by atoms with E-state index in [0.717, 1.165) is 11.3 Å². The lowest BCUT2D eigenvalue weighted by Crippen LogP contribution is -2.35. The summed E-state index contributed by atoms with van der Waals surface area (Å²) in [5.74, 6) is -0.320. The molecule has 0 bridgehead atoms. The summed E-state index contributed by atoms with van der Waals surface area (Å²) >= 11 is 6.38. The Bertz CT molecular complexity index is 980. The third-order valence-electron chi connectivity index (χ3n) is 4.80. The van der Waals surface area contributed by atoms with E-state index in [1.165, 1.54) is 6.07 Å². The van der Waals surface area contributed by atoms with Gasteiger partial charge in [-0.2, -0.15) is 0 Å². The van der Waals surface area contributed by atoms with Gasteiger partial charge in [-0.15, -0.1) is 0 Å². The molecule has 26 heavy (non-hydrogen) atoms. The third-order valence-corrected chi connectivity index (χ3v) is 7.33. The van der Waals surface area contributed by atoms with E-state index in [1.54, 1.807) is 43.0 Å². The lowest BCUT2D eigenvalue weighted by atomic mass is 9.87. The molecular formula is C20H22ClNO3S. The summed E-state index contributed by atoms with van der Waals surface area (Å²) in [5, 5.41) is 0.0130. The molecule has 0 N–H and O–H groups in total. The van der Waals surface area contributed by atoms with Crippen molar-refractivity contribution in [2.24, 2.45) is 0 Å². The van der Waals surface area contributed by atoms with E-state index in [-0.39, 0.29) is 21.8 Å². The zero-order chi connectivity index (χ0) is 19.3. The molecule has 1 aliphatic rings. The van der Waals surface area contributed by atoms with Gasteiger partial charge in [0.2, 0.25) is 0 Å². The number of carbonyl (C=O) groups excluding carboxylic acids is 1. The predicted octanol–water partition coefficient (Wildman–Crippen LogP) is 4.46. The monoisotopic (exact) mass is 391 g/mol. The van der Waals surface area contributed by atoms with E-state index >= 15 is 0 Å². The standard InChI is InChI=1S/C20H22ClNO3S/c1-13(2)26(24,25)17-11-6-5-8-14(17)19(23)22-12-20(3,4)18-15(21)9-7-10-16(18)22/h5-11,13H,12H2,1-4H3. The fourth-order valence-electron chi connectivity index (χ4n) is 3.44. The number of fused-ring (bicyclic) bond motifs is 1. The van der Waals surface area contributed by atoms with E-state index < -0.39 is 15.1 Å². The third kappa shape index (κ3) is 2.93. The molecule has 0 radical (unpaired) electrons. The summed E-state index contributed by atoms with van der Waals surface area (Å²) < 4.78 is 25.4. The van der Waals surface area contributed by atoms with Gasteiger partial charge in [-0.1, -0.05) is 43.6 Å². The molecule has 1 heterocycles. The smallest absolute Gasteiger partial charge is 0.259 e. The van der Waals surface area contributed by atoms with Gasteiger partial charge in [0.25, 0.3) is 5.91 Å². The SMILES string of the molecule is CC(C)S(=O)(=O)c1ccccc1C(=O)N1CC(C)(C)c2c(Cl)cccc21. The molecule has 1 aliphatic heterocycles. The van der Waals surface area contributed by atoms with Crippen LogP contribution in [0.4, 0.5) is 5.69 Å². The van der Waals surface area contributed by atoms with Crippen molar-refractivity contribution in [3.8, 4) is 0 Å². The Kier molecular flexibility index (Phi) is 4.65. The minimum atomic E-state index is -3.57. The largest absolute Gasteiger partial charge is 0.307 e. The van der Waals surface area contributed by atoms with Gasteiger partial charge in [-0.3, -0.25) is 4.79 Å². The fraction of sp³-hybridized carbons (Fsp3) is 0.350. The molecule has 0 aliphatic carbocycles. The van der Waals surface area contributed by atoms with Gasteiger partial charge in [-0.05, 0) is 38.1 Å². The molecule has 0 aromatic heterocycles. The van der Waals surface area contributed by atoms with Gasteiger partial charge < -0.3 is 4.90 Å². The number of hydrogen-bond acceptors (Lipinski definition) is 3. The predicted molar refractivity (Wildman–Crippen MR) is 105 cm³/mol. The first-order valence-electron chi connectivity index (χ1n) is 8.51. The van der Waals surface area contributed by atoms with E-state index in [4.69, 9.17) is 11.6 Å². The maximum Gasteiger partial charge on any atom is 0.259 e. The Hall–Kier alpha value is -1.85. The van der Waals surface area contributed by atoms with E-state index in [2.05, 4.69) is 0 Å². The van der Waals surface area contributed by atoms with Crippen molar-refractivity contribution in [1.82, 2.24) is 0 Å². The molecule has 0 saturated carbocycles. The van der Waals surface area contributed by atoms with Crippen molar-refractivity contribution in [1.29, 1.82) is 0 Å². The summed E-state index contributed by atoms with van der Waals surface area (Å²) in [6.07, 6.45) is 0. The van der Waals surface area contributed by atoms with Crippen molar-refractivity contribution < 1.29 is 13.2 Å². The molecule has 0 unspecified atom stereocenters. The number of carbonyl (C=O) groups is 1. The zero-order valence-corrected chi connectivity index (χ0v) is 16.9. The van der Waals surface area contributed by atoms with Crippen molar-refractivity contribution >= 4 is 33.0 Å². The van der Waals surface area contributed by atoms with Crippen LogP contribution in [-0.2, 0) is 15.3 Å². The quantitative estimate of drug-likeness (QED) is 0.776. The Balaban J connectivity index is 2.13. The first-order chi connectivity index (χ1) is 12.1. The number of halogens is 1. The molecule has 0 fully saturated rings. The minimum absolute atomic E-state index is 0.0771. The van der Waals surface area contributed by atoms with Gasteiger partial charge in [0.15, 0.2) is 9.84 Å². The Morgan fingerprint density at radius 3 is 2.42 bits per heavy atom. The van der Waals surface area contributed by atoms with E-state index in [0.29, 0.717) is 11.6 Å². The van der Waals surface area contributed by atoms with Crippen LogP contribution in [0.25, 0.3) is 0 Å². The van der Waals surface area contributed by atoms with Crippen LogP contribution >= 0.6 is 11.6 Å². The highest BCUT2D eigenvalue weighted by Gasteiger charge is 2.40. The van der Waals surface area contributed by atoms with Crippen molar-refractivity contribution in [2.45, 2.75) is 43.3 Å². The summed E-state index contributed by atoms with van der Waals surface area (Å²) in [6.45, 7) is 7.74. The Morgan fingerprint density at radius 1 is 1.12 bits per heavy atom. The molecular weight excluding hydrogens is 370 g/mol. The number of nitrogens with zero attached hydrogens (tertiary/aromatic N) is 1. The topological polar surface area (TPSA) is 54.5 Å². The second-order valence-electron chi connectivity index (χ2n) is 7.50. The average molecular weight is 392 g/mol. The average Bonchev–Trinajstić information content (AvgIpc) is 2.86. The van der Waals surface area contributed by atoms with Gasteiger partial charge >= 0.3 is 0 Å². The number of sulfone groups is 1. The van der Waals surface area contributed by atoms with Crippen molar-refractivity contribution in [3.05, 3.63) is 58.6 Å². The summed E-state index contributed by atoms with van der Waals surface area (Å²) in [5.41, 5.74) is 1.54. The van der Waals surface area contributed by atoms with E-state index in [9.17, 15) is 13.2 Å². The number of rotatable bonds is 3. The van der Waals surface area contributed by atoms with Crippen LogP contribution in [0.2, 0.25) is 5.02 Å². The number of anilines is 1. The fourth-order valence-corrected chi connectivity index (χ4v) is 5.10. The van der Waals surface area contributed by atoms with Crippen LogP contribution < -0.4 is 4.90 Å². The molecule has 3 rings (SSSR count). The maximum atomic E-state index is 13.3. The number of benzene rings is 2. The second kappa shape index (κ2) is 6.39. The first kappa shape index (κ1) is 18.9. The van der Waals surface area contributed by atoms with Crippen LogP contribution in [0, 0.1) is 0 Å². The Morgan fingerprint density at radius 2 is 1.77 bits per heavy atom. The summed E-state index contributed by atoms with van der Waals surface area (Å²) in [4.78, 5) is 15.0. The van der Waals surface area contributed by atoms with Crippen LogP contribution in [0.5, 0.6) is 0 Å². The highest BCUT2D eigenvalue weighted by molar-refractivity contribution is 7.92. The molecule has 0 spiro atoms. The highest BCUT2D eigenvalue weighted by Crippen LogP contribution is 2.45. The Labute approximate surface area is 159 Å². The first-order valence-corrected chi connectivity index (χ1v) is 10.4. The van der Waals surface area contributed by atoms with Crippen LogP contribution in [0.1, 0.15) is 43.6 Å². The lowest BCUT2D eigenvalue weighted by molar-refractivity contribution is 0.0982. The van der Waals surface area contributed by atoms with Gasteiger partial charge in [-0.25, -0.2) is 8.42 Å². The van der Waals surface area contributed by atoms with Crippen LogP contribution in [0.15, 0.2) is 47.4 Å². The minimum Gasteiger partial charge on any atom is -0.307 e. The molecule has 0 atom stereocenters. The molecule has 4 nitrogen and oxygen atoms in total. The molecule has 1 amide bonds. The molecule has 2 aromatic carbocycles. The second-order valence-corrected chi connectivity index (χ2v) is 10.4. The van der Waals surface area contributed by atoms with Crippen molar-refractivity contribution in [2.75, 3.05) is 11.4 Å². The molecule has 2 aromatic rings. The molecule has 138 valence electrons. The highest BCUT2D eigenvalue weighted by atomic mass is 35.5. The van der Waals surface area contributed by atoms with Crippen molar-refractivity contribution in [3.63, 3.8) is 0 Å².